The van der Waals surface area contributed by atoms with Crippen molar-refractivity contribution in [2.45, 2.75) is 13.2 Å². The van der Waals surface area contributed by atoms with E-state index in [1.165, 1.54) is 5.56 Å². The summed E-state index contributed by atoms with van der Waals surface area (Å²) in [6.07, 6.45) is -0.739. The lowest BCUT2D eigenvalue weighted by molar-refractivity contribution is -0.884. The molecule has 2 N–H and O–H groups in total. The van der Waals surface area contributed by atoms with E-state index in [-0.39, 0.29) is 6.61 Å². The molecule has 0 fully saturated rings. The van der Waals surface area contributed by atoms with Crippen molar-refractivity contribution >= 4 is 6.09 Å². The zero-order valence-electron chi connectivity index (χ0n) is 10.1. The van der Waals surface area contributed by atoms with Gasteiger partial charge in [-0.25, -0.2) is 4.79 Å². The van der Waals surface area contributed by atoms with Gasteiger partial charge in [0.1, 0.15) is 13.2 Å². The van der Waals surface area contributed by atoms with Crippen LogP contribution in [-0.4, -0.2) is 31.7 Å². The first-order valence-corrected chi connectivity index (χ1v) is 5.17. The molecule has 0 saturated heterocycles. The predicted octanol–water partition coefficient (Wildman–Crippen LogP) is 1.49. The minimum Gasteiger partial charge on any atom is -0.445 e. The lowest BCUT2D eigenvalue weighted by Crippen LogP contribution is -2.33. The number of hydrogen-bond donors (Lipinski definition) is 1. The Morgan fingerprint density at radius 3 is 2.50 bits per heavy atom. The highest BCUT2D eigenvalue weighted by Gasteiger charge is 2.08. The average Bonchev–Trinajstić information content (AvgIpc) is 2.12. The Kier molecular flexibility index (Phi) is 3.90. The molecule has 1 rings (SSSR count). The fourth-order valence-electron chi connectivity index (χ4n) is 1.52. The SMILES string of the molecule is C[N+](C)(C)Cc1cccc(COC(N)=O)c1. The molecule has 0 aliphatic heterocycles. The van der Waals surface area contributed by atoms with Gasteiger partial charge in [-0.05, 0) is 11.6 Å². The van der Waals surface area contributed by atoms with Crippen LogP contribution < -0.4 is 5.73 Å². The van der Waals surface area contributed by atoms with Crippen LogP contribution in [0.4, 0.5) is 4.79 Å². The second-order valence-corrected chi connectivity index (χ2v) is 4.88. The van der Waals surface area contributed by atoms with Gasteiger partial charge in [-0.1, -0.05) is 18.2 Å². The number of nitrogens with zero attached hydrogens (tertiary/aromatic N) is 1. The predicted molar refractivity (Wildman–Crippen MR) is 62.6 cm³/mol. The molecule has 0 atom stereocenters. The molecule has 16 heavy (non-hydrogen) atoms. The van der Waals surface area contributed by atoms with Gasteiger partial charge in [0.05, 0.1) is 21.1 Å². The summed E-state index contributed by atoms with van der Waals surface area (Å²) < 4.78 is 5.61. The van der Waals surface area contributed by atoms with E-state index in [1.54, 1.807) is 0 Å². The topological polar surface area (TPSA) is 52.3 Å². The van der Waals surface area contributed by atoms with Crippen molar-refractivity contribution in [1.29, 1.82) is 0 Å². The molecule has 0 radical (unpaired) electrons. The zero-order chi connectivity index (χ0) is 12.2. The maximum Gasteiger partial charge on any atom is 0.404 e. The third kappa shape index (κ3) is 4.79. The maximum absolute atomic E-state index is 10.5. The highest BCUT2D eigenvalue weighted by atomic mass is 16.5. The van der Waals surface area contributed by atoms with Gasteiger partial charge in [0.15, 0.2) is 0 Å². The Bertz CT molecular complexity index is 370. The molecule has 0 aromatic heterocycles. The molecule has 4 heteroatoms. The molecular weight excluding hydrogens is 204 g/mol. The molecule has 0 bridgehead atoms. The third-order valence-corrected chi connectivity index (χ3v) is 2.03. The van der Waals surface area contributed by atoms with Crippen molar-refractivity contribution in [2.75, 3.05) is 21.1 Å². The van der Waals surface area contributed by atoms with Crippen LogP contribution in [0.25, 0.3) is 0 Å². The molecule has 0 unspecified atom stereocenters. The standard InChI is InChI=1S/C12H18N2O2/c1-14(2,3)8-10-5-4-6-11(7-10)9-16-12(13)15/h4-7H,8-9H2,1-3H3,(H-,13,15)/p+1. The number of rotatable bonds is 4. The fourth-order valence-corrected chi connectivity index (χ4v) is 1.52. The normalized spacial score (nSPS) is 11.2. The van der Waals surface area contributed by atoms with E-state index in [9.17, 15) is 4.79 Å². The van der Waals surface area contributed by atoms with E-state index in [4.69, 9.17) is 10.5 Å². The van der Waals surface area contributed by atoms with E-state index < -0.39 is 6.09 Å². The van der Waals surface area contributed by atoms with Crippen molar-refractivity contribution < 1.29 is 14.0 Å². The maximum atomic E-state index is 10.5. The Labute approximate surface area is 96.2 Å². The van der Waals surface area contributed by atoms with Crippen LogP contribution >= 0.6 is 0 Å². The Morgan fingerprint density at radius 2 is 1.94 bits per heavy atom. The third-order valence-electron chi connectivity index (χ3n) is 2.03. The number of quaternary nitrogens is 1. The number of hydrogen-bond acceptors (Lipinski definition) is 2. The van der Waals surface area contributed by atoms with Gasteiger partial charge in [-0.2, -0.15) is 0 Å². The molecule has 0 saturated carbocycles. The molecule has 0 aliphatic carbocycles. The van der Waals surface area contributed by atoms with Crippen LogP contribution in [0.3, 0.4) is 0 Å². The van der Waals surface area contributed by atoms with Crippen molar-refractivity contribution in [3.63, 3.8) is 0 Å². The van der Waals surface area contributed by atoms with Crippen LogP contribution in [-0.2, 0) is 17.9 Å². The van der Waals surface area contributed by atoms with E-state index in [2.05, 4.69) is 27.2 Å². The lowest BCUT2D eigenvalue weighted by Gasteiger charge is -2.24. The Hall–Kier alpha value is -1.55. The molecule has 4 nitrogen and oxygen atoms in total. The smallest absolute Gasteiger partial charge is 0.404 e. The lowest BCUT2D eigenvalue weighted by atomic mass is 10.1. The second-order valence-electron chi connectivity index (χ2n) is 4.88. The molecule has 1 aromatic rings. The number of primary amides is 1. The van der Waals surface area contributed by atoms with Gasteiger partial charge in [0.2, 0.25) is 0 Å². The molecule has 1 amide bonds. The van der Waals surface area contributed by atoms with Crippen molar-refractivity contribution in [2.24, 2.45) is 5.73 Å². The van der Waals surface area contributed by atoms with Gasteiger partial charge in [-0.3, -0.25) is 0 Å². The first-order chi connectivity index (χ1) is 7.37. The van der Waals surface area contributed by atoms with Gasteiger partial charge >= 0.3 is 6.09 Å². The van der Waals surface area contributed by atoms with Gasteiger partial charge in [0, 0.05) is 5.56 Å². The highest BCUT2D eigenvalue weighted by Crippen LogP contribution is 2.10. The van der Waals surface area contributed by atoms with Crippen LogP contribution in [0.1, 0.15) is 11.1 Å². The van der Waals surface area contributed by atoms with Crippen LogP contribution in [0, 0.1) is 0 Å². The molecule has 0 spiro atoms. The summed E-state index contributed by atoms with van der Waals surface area (Å²) in [5, 5.41) is 0. The van der Waals surface area contributed by atoms with E-state index >= 15 is 0 Å². The van der Waals surface area contributed by atoms with Crippen molar-refractivity contribution in [1.82, 2.24) is 0 Å². The second kappa shape index (κ2) is 4.99. The number of benzene rings is 1. The monoisotopic (exact) mass is 223 g/mol. The summed E-state index contributed by atoms with van der Waals surface area (Å²) in [5.74, 6) is 0. The summed E-state index contributed by atoms with van der Waals surface area (Å²) >= 11 is 0. The first-order valence-electron chi connectivity index (χ1n) is 5.17. The van der Waals surface area contributed by atoms with Crippen molar-refractivity contribution in [3.05, 3.63) is 35.4 Å². The first kappa shape index (κ1) is 12.5. The van der Waals surface area contributed by atoms with E-state index in [1.807, 2.05) is 18.2 Å². The summed E-state index contributed by atoms with van der Waals surface area (Å²) in [5.41, 5.74) is 7.10. The van der Waals surface area contributed by atoms with Gasteiger partial charge in [0.25, 0.3) is 0 Å². The Morgan fingerprint density at radius 1 is 1.31 bits per heavy atom. The van der Waals surface area contributed by atoms with Gasteiger partial charge in [-0.15, -0.1) is 0 Å². The van der Waals surface area contributed by atoms with Gasteiger partial charge < -0.3 is 15.0 Å². The summed E-state index contributed by atoms with van der Waals surface area (Å²) in [7, 11) is 6.39. The molecule has 0 aliphatic rings. The summed E-state index contributed by atoms with van der Waals surface area (Å²) in [4.78, 5) is 10.5. The van der Waals surface area contributed by atoms with E-state index in [0.717, 1.165) is 16.6 Å². The summed E-state index contributed by atoms with van der Waals surface area (Å²) in [6.45, 7) is 1.17. The van der Waals surface area contributed by atoms with Crippen molar-refractivity contribution in [3.8, 4) is 0 Å². The number of ether oxygens (including phenoxy) is 1. The molecule has 0 heterocycles. The molecular formula is C12H19N2O2+. The highest BCUT2D eigenvalue weighted by molar-refractivity contribution is 5.64. The Balaban J connectivity index is 2.67. The van der Waals surface area contributed by atoms with Crippen LogP contribution in [0.5, 0.6) is 0 Å². The number of carbonyl (C=O) groups is 1. The average molecular weight is 223 g/mol. The number of amides is 1. The number of nitrogens with two attached hydrogens (primary N) is 1. The van der Waals surface area contributed by atoms with Crippen LogP contribution in [0.15, 0.2) is 24.3 Å². The zero-order valence-corrected chi connectivity index (χ0v) is 10.1. The minimum atomic E-state index is -0.739. The van der Waals surface area contributed by atoms with Crippen LogP contribution in [0.2, 0.25) is 0 Å². The minimum absolute atomic E-state index is 0.236. The largest absolute Gasteiger partial charge is 0.445 e. The number of carbonyl (C=O) groups excluding carboxylic acids is 1. The molecule has 88 valence electrons. The van der Waals surface area contributed by atoms with E-state index in [0.29, 0.717) is 0 Å². The quantitative estimate of drug-likeness (QED) is 0.786. The summed E-state index contributed by atoms with van der Waals surface area (Å²) in [6, 6.07) is 7.98. The molecule has 1 aromatic carbocycles. The fraction of sp³-hybridized carbons (Fsp3) is 0.417.